The summed E-state index contributed by atoms with van der Waals surface area (Å²) in [6, 6.07) is 6.36. The molecule has 2 rings (SSSR count). The Morgan fingerprint density at radius 1 is 1.32 bits per heavy atom. The minimum Gasteiger partial charge on any atom is -0.388 e. The number of hydrogen-bond donors (Lipinski definition) is 2. The summed E-state index contributed by atoms with van der Waals surface area (Å²) < 4.78 is 0. The van der Waals surface area contributed by atoms with Crippen LogP contribution in [0.15, 0.2) is 18.2 Å². The van der Waals surface area contributed by atoms with Gasteiger partial charge in [0.15, 0.2) is 0 Å². The molecule has 3 unspecified atom stereocenters. The van der Waals surface area contributed by atoms with Gasteiger partial charge in [-0.25, -0.2) is 0 Å². The maximum atomic E-state index is 10.9. The van der Waals surface area contributed by atoms with E-state index in [1.807, 2.05) is 0 Å². The van der Waals surface area contributed by atoms with E-state index in [4.69, 9.17) is 5.73 Å². The Hall–Kier alpha value is -0.860. The SMILES string of the molecule is Cc1cc(C)cc(C(O)C2(CN)CCCC(C)C2)c1. The van der Waals surface area contributed by atoms with Gasteiger partial charge in [-0.3, -0.25) is 0 Å². The van der Waals surface area contributed by atoms with Gasteiger partial charge in [-0.2, -0.15) is 0 Å². The third-order valence-corrected chi connectivity index (χ3v) is 4.67. The van der Waals surface area contributed by atoms with Gasteiger partial charge in [0, 0.05) is 12.0 Å². The Morgan fingerprint density at radius 3 is 2.47 bits per heavy atom. The predicted molar refractivity (Wildman–Crippen MR) is 80.0 cm³/mol. The van der Waals surface area contributed by atoms with Crippen LogP contribution >= 0.6 is 0 Å². The summed E-state index contributed by atoms with van der Waals surface area (Å²) in [5.74, 6) is 0.665. The molecule has 0 amide bonds. The topological polar surface area (TPSA) is 46.2 Å². The molecule has 0 heterocycles. The summed E-state index contributed by atoms with van der Waals surface area (Å²) in [7, 11) is 0. The Balaban J connectivity index is 2.31. The molecule has 0 aromatic heterocycles. The van der Waals surface area contributed by atoms with E-state index >= 15 is 0 Å². The molecule has 0 saturated heterocycles. The fourth-order valence-electron chi connectivity index (χ4n) is 3.77. The van der Waals surface area contributed by atoms with E-state index in [1.165, 1.54) is 24.0 Å². The fourth-order valence-corrected chi connectivity index (χ4v) is 3.77. The van der Waals surface area contributed by atoms with Crippen molar-refractivity contribution >= 4 is 0 Å². The van der Waals surface area contributed by atoms with Crippen LogP contribution in [0.3, 0.4) is 0 Å². The zero-order valence-corrected chi connectivity index (χ0v) is 12.4. The molecule has 0 radical (unpaired) electrons. The van der Waals surface area contributed by atoms with E-state index in [0.29, 0.717) is 12.5 Å². The second kappa shape index (κ2) is 5.64. The highest BCUT2D eigenvalue weighted by molar-refractivity contribution is 5.31. The van der Waals surface area contributed by atoms with Gasteiger partial charge in [-0.15, -0.1) is 0 Å². The normalized spacial score (nSPS) is 29.2. The van der Waals surface area contributed by atoms with Crippen molar-refractivity contribution in [3.63, 3.8) is 0 Å². The molecule has 2 nitrogen and oxygen atoms in total. The Labute approximate surface area is 117 Å². The lowest BCUT2D eigenvalue weighted by Crippen LogP contribution is -2.40. The molecular formula is C17H27NO. The van der Waals surface area contributed by atoms with E-state index in [-0.39, 0.29) is 5.41 Å². The van der Waals surface area contributed by atoms with Gasteiger partial charge in [0.1, 0.15) is 0 Å². The summed E-state index contributed by atoms with van der Waals surface area (Å²) in [6.45, 7) is 7.02. The van der Waals surface area contributed by atoms with E-state index in [9.17, 15) is 5.11 Å². The van der Waals surface area contributed by atoms with Gasteiger partial charge in [0.25, 0.3) is 0 Å². The number of aliphatic hydroxyl groups is 1. The Morgan fingerprint density at radius 2 is 1.95 bits per heavy atom. The lowest BCUT2D eigenvalue weighted by atomic mass is 9.65. The maximum absolute atomic E-state index is 10.9. The van der Waals surface area contributed by atoms with Gasteiger partial charge < -0.3 is 10.8 Å². The third-order valence-electron chi connectivity index (χ3n) is 4.67. The molecule has 3 atom stereocenters. The van der Waals surface area contributed by atoms with E-state index in [2.05, 4.69) is 39.0 Å². The number of rotatable bonds is 3. The highest BCUT2D eigenvalue weighted by Crippen LogP contribution is 2.47. The van der Waals surface area contributed by atoms with E-state index < -0.39 is 6.10 Å². The highest BCUT2D eigenvalue weighted by atomic mass is 16.3. The minimum atomic E-state index is -0.432. The van der Waals surface area contributed by atoms with Gasteiger partial charge in [-0.05, 0) is 38.2 Å². The number of nitrogens with two attached hydrogens (primary N) is 1. The molecule has 1 aliphatic carbocycles. The van der Waals surface area contributed by atoms with Crippen molar-refractivity contribution in [2.24, 2.45) is 17.1 Å². The first-order chi connectivity index (χ1) is 8.97. The smallest absolute Gasteiger partial charge is 0.0858 e. The zero-order chi connectivity index (χ0) is 14.0. The van der Waals surface area contributed by atoms with Crippen LogP contribution < -0.4 is 5.73 Å². The lowest BCUT2D eigenvalue weighted by Gasteiger charge is -2.43. The second-order valence-corrected chi connectivity index (χ2v) is 6.59. The first-order valence-corrected chi connectivity index (χ1v) is 7.43. The molecule has 3 N–H and O–H groups in total. The average Bonchev–Trinajstić information content (AvgIpc) is 2.36. The first-order valence-electron chi connectivity index (χ1n) is 7.43. The largest absolute Gasteiger partial charge is 0.388 e. The standard InChI is InChI=1S/C17H27NO/c1-12-5-4-6-17(10-12,11-18)16(19)15-8-13(2)7-14(3)9-15/h7-9,12,16,19H,4-6,10-11,18H2,1-3H3. The van der Waals surface area contributed by atoms with Gasteiger partial charge in [-0.1, -0.05) is 49.1 Å². The summed E-state index contributed by atoms with van der Waals surface area (Å²) in [5, 5.41) is 10.9. The molecule has 0 spiro atoms. The van der Waals surface area contributed by atoms with Crippen molar-refractivity contribution in [3.05, 3.63) is 34.9 Å². The molecular weight excluding hydrogens is 234 g/mol. The number of aliphatic hydroxyl groups excluding tert-OH is 1. The van der Waals surface area contributed by atoms with Crippen molar-refractivity contribution in [3.8, 4) is 0 Å². The predicted octanol–water partition coefficient (Wildman–Crippen LogP) is 3.49. The number of benzene rings is 1. The fraction of sp³-hybridized carbons (Fsp3) is 0.647. The second-order valence-electron chi connectivity index (χ2n) is 6.59. The summed E-state index contributed by atoms with van der Waals surface area (Å²) >= 11 is 0. The molecule has 1 aromatic rings. The first kappa shape index (κ1) is 14.5. The molecule has 0 aliphatic heterocycles. The van der Waals surface area contributed by atoms with E-state index in [0.717, 1.165) is 18.4 Å². The highest BCUT2D eigenvalue weighted by Gasteiger charge is 2.40. The summed E-state index contributed by atoms with van der Waals surface area (Å²) in [6.07, 6.45) is 4.10. The van der Waals surface area contributed by atoms with Crippen LogP contribution in [0.25, 0.3) is 0 Å². The van der Waals surface area contributed by atoms with Crippen LogP contribution in [-0.2, 0) is 0 Å². The molecule has 106 valence electrons. The van der Waals surface area contributed by atoms with Crippen molar-refractivity contribution in [1.29, 1.82) is 0 Å². The van der Waals surface area contributed by atoms with Crippen LogP contribution in [0.1, 0.15) is 55.4 Å². The monoisotopic (exact) mass is 261 g/mol. The quantitative estimate of drug-likeness (QED) is 0.875. The van der Waals surface area contributed by atoms with Crippen molar-refractivity contribution in [2.75, 3.05) is 6.54 Å². The zero-order valence-electron chi connectivity index (χ0n) is 12.4. The Bertz CT molecular complexity index is 423. The van der Waals surface area contributed by atoms with Gasteiger partial charge >= 0.3 is 0 Å². The summed E-state index contributed by atoms with van der Waals surface area (Å²) in [4.78, 5) is 0. The maximum Gasteiger partial charge on any atom is 0.0858 e. The third kappa shape index (κ3) is 3.01. The van der Waals surface area contributed by atoms with Gasteiger partial charge in [0.05, 0.1) is 6.10 Å². The molecule has 19 heavy (non-hydrogen) atoms. The molecule has 0 bridgehead atoms. The van der Waals surface area contributed by atoms with Crippen molar-refractivity contribution in [1.82, 2.24) is 0 Å². The van der Waals surface area contributed by atoms with Crippen LogP contribution in [-0.4, -0.2) is 11.7 Å². The van der Waals surface area contributed by atoms with Crippen LogP contribution in [0.5, 0.6) is 0 Å². The molecule has 2 heteroatoms. The molecule has 1 fully saturated rings. The van der Waals surface area contributed by atoms with E-state index in [1.54, 1.807) is 0 Å². The average molecular weight is 261 g/mol. The van der Waals surface area contributed by atoms with Gasteiger partial charge in [0.2, 0.25) is 0 Å². The molecule has 1 saturated carbocycles. The molecule has 1 aliphatic rings. The van der Waals surface area contributed by atoms with Crippen molar-refractivity contribution in [2.45, 2.75) is 52.6 Å². The van der Waals surface area contributed by atoms with Crippen molar-refractivity contribution < 1.29 is 5.11 Å². The molecule has 1 aromatic carbocycles. The van der Waals surface area contributed by atoms with Crippen LogP contribution in [0.4, 0.5) is 0 Å². The van der Waals surface area contributed by atoms with Crippen LogP contribution in [0.2, 0.25) is 0 Å². The Kier molecular flexibility index (Phi) is 4.32. The summed E-state index contributed by atoms with van der Waals surface area (Å²) in [5.41, 5.74) is 9.39. The van der Waals surface area contributed by atoms with Crippen LogP contribution in [0, 0.1) is 25.2 Å². The lowest BCUT2D eigenvalue weighted by molar-refractivity contribution is -0.0131. The number of hydrogen-bond acceptors (Lipinski definition) is 2. The minimum absolute atomic E-state index is 0.127. The number of aryl methyl sites for hydroxylation is 2.